The van der Waals surface area contributed by atoms with Gasteiger partial charge in [0, 0.05) is 15.5 Å². The maximum atomic E-state index is 11.8. The molecule has 0 atom stereocenters. The van der Waals surface area contributed by atoms with Crippen LogP contribution in [0.3, 0.4) is 0 Å². The first-order chi connectivity index (χ1) is 7.16. The fourth-order valence-corrected chi connectivity index (χ4v) is 3.08. The summed E-state index contributed by atoms with van der Waals surface area (Å²) in [5.41, 5.74) is 0.771. The lowest BCUT2D eigenvalue weighted by atomic mass is 10.2. The van der Waals surface area contributed by atoms with Crippen LogP contribution in [-0.4, -0.2) is 23.4 Å². The Hall–Kier alpha value is -0.810. The van der Waals surface area contributed by atoms with E-state index in [0.29, 0.717) is 0 Å². The van der Waals surface area contributed by atoms with Crippen molar-refractivity contribution in [3.8, 4) is 0 Å². The summed E-state index contributed by atoms with van der Waals surface area (Å²) >= 11 is 3.25. The second-order valence-corrected chi connectivity index (χ2v) is 5.86. The van der Waals surface area contributed by atoms with E-state index in [1.807, 2.05) is 19.9 Å². The van der Waals surface area contributed by atoms with Gasteiger partial charge in [0.05, 0.1) is 12.1 Å². The van der Waals surface area contributed by atoms with E-state index in [-0.39, 0.29) is 5.91 Å². The van der Waals surface area contributed by atoms with Crippen molar-refractivity contribution in [1.29, 1.82) is 0 Å². The molecule has 1 aliphatic rings. The van der Waals surface area contributed by atoms with Gasteiger partial charge < -0.3 is 5.32 Å². The first kappa shape index (κ1) is 10.7. The smallest absolute Gasteiger partial charge is 0.258 e. The van der Waals surface area contributed by atoms with Crippen LogP contribution in [0.25, 0.3) is 0 Å². The molecule has 0 radical (unpaired) electrons. The van der Waals surface area contributed by atoms with Crippen LogP contribution in [0.4, 0.5) is 0 Å². The van der Waals surface area contributed by atoms with E-state index >= 15 is 0 Å². The van der Waals surface area contributed by atoms with Gasteiger partial charge in [-0.1, -0.05) is 11.8 Å². The van der Waals surface area contributed by atoms with Gasteiger partial charge in [0.1, 0.15) is 0 Å². The Kier molecular flexibility index (Phi) is 3.11. The quantitative estimate of drug-likeness (QED) is 0.817. The third-order valence-electron chi connectivity index (χ3n) is 2.09. The van der Waals surface area contributed by atoms with E-state index in [1.165, 1.54) is 4.88 Å². The largest absolute Gasteiger partial charge is 0.301 e. The minimum Gasteiger partial charge on any atom is -0.301 e. The van der Waals surface area contributed by atoms with Crippen molar-refractivity contribution in [3.05, 3.63) is 21.4 Å². The number of aliphatic imine (C=N–C) groups is 1. The summed E-state index contributed by atoms with van der Waals surface area (Å²) in [6, 6.07) is 1.93. The maximum Gasteiger partial charge on any atom is 0.258 e. The van der Waals surface area contributed by atoms with Crippen LogP contribution in [0.2, 0.25) is 0 Å². The van der Waals surface area contributed by atoms with Crippen LogP contribution in [0.5, 0.6) is 0 Å². The molecule has 0 spiro atoms. The zero-order valence-electron chi connectivity index (χ0n) is 8.66. The number of amides is 1. The Labute approximate surface area is 97.0 Å². The molecule has 3 nitrogen and oxygen atoms in total. The van der Waals surface area contributed by atoms with Crippen molar-refractivity contribution in [2.24, 2.45) is 4.99 Å². The van der Waals surface area contributed by atoms with Crippen molar-refractivity contribution in [2.45, 2.75) is 13.8 Å². The number of aryl methyl sites for hydroxylation is 2. The van der Waals surface area contributed by atoms with Crippen LogP contribution in [0.15, 0.2) is 11.1 Å². The predicted molar refractivity (Wildman–Crippen MR) is 66.0 cm³/mol. The first-order valence-electron chi connectivity index (χ1n) is 4.72. The van der Waals surface area contributed by atoms with E-state index in [9.17, 15) is 4.79 Å². The highest BCUT2D eigenvalue weighted by Gasteiger charge is 2.15. The van der Waals surface area contributed by atoms with Gasteiger partial charge >= 0.3 is 0 Å². The Morgan fingerprint density at radius 1 is 1.53 bits per heavy atom. The second kappa shape index (κ2) is 4.37. The molecule has 0 fully saturated rings. The van der Waals surface area contributed by atoms with Crippen LogP contribution in [0.1, 0.15) is 20.1 Å². The van der Waals surface area contributed by atoms with Gasteiger partial charge in [0.25, 0.3) is 5.91 Å². The Morgan fingerprint density at radius 3 is 2.87 bits per heavy atom. The molecule has 1 N–H and O–H groups in total. The molecule has 0 unspecified atom stereocenters. The van der Waals surface area contributed by atoms with Crippen LogP contribution in [0, 0.1) is 13.8 Å². The van der Waals surface area contributed by atoms with Gasteiger partial charge in [0.15, 0.2) is 5.17 Å². The molecule has 2 heterocycles. The van der Waals surface area contributed by atoms with Crippen molar-refractivity contribution in [2.75, 3.05) is 12.3 Å². The highest BCUT2D eigenvalue weighted by Crippen LogP contribution is 2.20. The van der Waals surface area contributed by atoms with E-state index in [1.54, 1.807) is 23.1 Å². The summed E-state index contributed by atoms with van der Waals surface area (Å²) in [5, 5.41) is 3.58. The predicted octanol–water partition coefficient (Wildman–Crippen LogP) is 2.20. The molecule has 80 valence electrons. The van der Waals surface area contributed by atoms with Gasteiger partial charge in [-0.2, -0.15) is 0 Å². The average Bonchev–Trinajstić information content (AvgIpc) is 2.75. The molecule has 1 amide bonds. The average molecular weight is 240 g/mol. The molecular formula is C10H12N2OS2. The summed E-state index contributed by atoms with van der Waals surface area (Å²) in [6.45, 7) is 4.79. The number of nitrogens with zero attached hydrogens (tertiary/aromatic N) is 1. The minimum atomic E-state index is -0.0370. The lowest BCUT2D eigenvalue weighted by molar-refractivity contribution is 0.0978. The Morgan fingerprint density at radius 2 is 2.33 bits per heavy atom. The molecule has 0 bridgehead atoms. The normalized spacial score (nSPS) is 15.2. The molecule has 0 saturated carbocycles. The van der Waals surface area contributed by atoms with E-state index in [2.05, 4.69) is 10.3 Å². The van der Waals surface area contributed by atoms with Crippen LogP contribution < -0.4 is 5.32 Å². The van der Waals surface area contributed by atoms with E-state index < -0.39 is 0 Å². The number of amidine groups is 1. The SMILES string of the molecule is Cc1cc(C(=O)NC2=NCCS2)c(C)s1. The lowest BCUT2D eigenvalue weighted by Gasteiger charge is -2.02. The first-order valence-corrected chi connectivity index (χ1v) is 6.52. The van der Waals surface area contributed by atoms with Crippen LogP contribution in [-0.2, 0) is 0 Å². The summed E-state index contributed by atoms with van der Waals surface area (Å²) in [4.78, 5) is 18.3. The van der Waals surface area contributed by atoms with E-state index in [0.717, 1.165) is 27.9 Å². The summed E-state index contributed by atoms with van der Waals surface area (Å²) < 4.78 is 0. The number of hydrogen-bond acceptors (Lipinski definition) is 4. The van der Waals surface area contributed by atoms with Crippen molar-refractivity contribution in [3.63, 3.8) is 0 Å². The van der Waals surface area contributed by atoms with Gasteiger partial charge in [-0.25, -0.2) is 0 Å². The number of rotatable bonds is 1. The zero-order chi connectivity index (χ0) is 10.8. The molecule has 1 aromatic heterocycles. The molecule has 0 aliphatic carbocycles. The Balaban J connectivity index is 2.10. The monoisotopic (exact) mass is 240 g/mol. The molecule has 15 heavy (non-hydrogen) atoms. The fraction of sp³-hybridized carbons (Fsp3) is 0.400. The number of hydrogen-bond donors (Lipinski definition) is 1. The number of carbonyl (C=O) groups excluding carboxylic acids is 1. The van der Waals surface area contributed by atoms with Crippen molar-refractivity contribution in [1.82, 2.24) is 5.32 Å². The topological polar surface area (TPSA) is 41.5 Å². The van der Waals surface area contributed by atoms with Crippen molar-refractivity contribution < 1.29 is 4.79 Å². The highest BCUT2D eigenvalue weighted by atomic mass is 32.2. The maximum absolute atomic E-state index is 11.8. The van der Waals surface area contributed by atoms with E-state index in [4.69, 9.17) is 0 Å². The van der Waals surface area contributed by atoms with Crippen molar-refractivity contribution >= 4 is 34.2 Å². The molecule has 0 aromatic carbocycles. The third kappa shape index (κ3) is 2.41. The summed E-state index contributed by atoms with van der Waals surface area (Å²) in [7, 11) is 0. The molecule has 2 rings (SSSR count). The highest BCUT2D eigenvalue weighted by molar-refractivity contribution is 8.14. The molecule has 0 saturated heterocycles. The van der Waals surface area contributed by atoms with Gasteiger partial charge in [-0.05, 0) is 19.9 Å². The molecule has 1 aromatic rings. The molecular weight excluding hydrogens is 228 g/mol. The van der Waals surface area contributed by atoms with Gasteiger partial charge in [0.2, 0.25) is 0 Å². The third-order valence-corrected chi connectivity index (χ3v) is 3.95. The summed E-state index contributed by atoms with van der Waals surface area (Å²) in [5.74, 6) is 0.932. The fourth-order valence-electron chi connectivity index (χ4n) is 1.43. The Bertz CT molecular complexity index is 423. The number of thiophene rings is 1. The molecule has 5 heteroatoms. The standard InChI is InChI=1S/C10H12N2OS2/c1-6-5-8(7(2)15-6)9(13)12-10-11-3-4-14-10/h5H,3-4H2,1-2H3,(H,11,12,13). The lowest BCUT2D eigenvalue weighted by Crippen LogP contribution is -2.27. The van der Waals surface area contributed by atoms with Gasteiger partial charge in [-0.3, -0.25) is 9.79 Å². The van der Waals surface area contributed by atoms with Gasteiger partial charge in [-0.15, -0.1) is 11.3 Å². The summed E-state index contributed by atoms with van der Waals surface area (Å²) in [6.07, 6.45) is 0. The molecule has 1 aliphatic heterocycles. The number of thioether (sulfide) groups is 1. The number of carbonyl (C=O) groups is 1. The minimum absolute atomic E-state index is 0.0370. The van der Waals surface area contributed by atoms with Crippen LogP contribution >= 0.6 is 23.1 Å². The number of nitrogens with one attached hydrogen (secondary N) is 1. The second-order valence-electron chi connectivity index (χ2n) is 3.32. The zero-order valence-corrected chi connectivity index (χ0v) is 10.3.